The van der Waals surface area contributed by atoms with Crippen LogP contribution in [-0.2, 0) is 4.74 Å². The van der Waals surface area contributed by atoms with E-state index in [4.69, 9.17) is 10.5 Å². The first-order chi connectivity index (χ1) is 8.22. The second kappa shape index (κ2) is 5.68. The van der Waals surface area contributed by atoms with Crippen LogP contribution >= 0.6 is 0 Å². The zero-order valence-corrected chi connectivity index (χ0v) is 10.9. The molecule has 0 aromatic carbocycles. The van der Waals surface area contributed by atoms with Gasteiger partial charge in [-0.25, -0.2) is 0 Å². The van der Waals surface area contributed by atoms with Crippen molar-refractivity contribution in [3.63, 3.8) is 0 Å². The van der Waals surface area contributed by atoms with Crippen molar-refractivity contribution in [3.8, 4) is 0 Å². The van der Waals surface area contributed by atoms with Crippen molar-refractivity contribution in [2.45, 2.75) is 63.4 Å². The molecule has 3 N–H and O–H groups in total. The van der Waals surface area contributed by atoms with E-state index in [1.54, 1.807) is 0 Å². The molecule has 17 heavy (non-hydrogen) atoms. The lowest BCUT2D eigenvalue weighted by molar-refractivity contribution is -0.101. The monoisotopic (exact) mass is 241 g/mol. The van der Waals surface area contributed by atoms with E-state index in [2.05, 4.69) is 0 Å². The van der Waals surface area contributed by atoms with Crippen LogP contribution in [0.5, 0.6) is 0 Å². The number of hydrogen-bond donors (Lipinski definition) is 2. The smallest absolute Gasteiger partial charge is 0.0738 e. The van der Waals surface area contributed by atoms with E-state index in [0.717, 1.165) is 38.7 Å². The van der Waals surface area contributed by atoms with Gasteiger partial charge in [0.05, 0.1) is 5.60 Å². The van der Waals surface area contributed by atoms with Gasteiger partial charge in [-0.05, 0) is 25.7 Å². The van der Waals surface area contributed by atoms with E-state index in [-0.39, 0.29) is 5.41 Å². The van der Waals surface area contributed by atoms with Crippen molar-refractivity contribution < 1.29 is 9.84 Å². The third kappa shape index (κ3) is 2.67. The lowest BCUT2D eigenvalue weighted by Crippen LogP contribution is -2.52. The average molecular weight is 241 g/mol. The number of rotatable bonds is 2. The molecule has 2 aliphatic rings. The maximum absolute atomic E-state index is 11.1. The molecule has 1 saturated heterocycles. The van der Waals surface area contributed by atoms with Gasteiger partial charge < -0.3 is 15.6 Å². The summed E-state index contributed by atoms with van der Waals surface area (Å²) in [6, 6.07) is 0. The number of aliphatic hydroxyl groups is 1. The van der Waals surface area contributed by atoms with Crippen LogP contribution in [0, 0.1) is 5.41 Å². The predicted molar refractivity (Wildman–Crippen MR) is 68.8 cm³/mol. The minimum atomic E-state index is -0.581. The average Bonchev–Trinajstić information content (AvgIpc) is 2.70. The van der Waals surface area contributed by atoms with Gasteiger partial charge in [0.1, 0.15) is 0 Å². The van der Waals surface area contributed by atoms with Crippen molar-refractivity contribution in [1.29, 1.82) is 0 Å². The molecule has 0 bridgehead atoms. The highest BCUT2D eigenvalue weighted by molar-refractivity contribution is 5.00. The second-order valence-electron chi connectivity index (χ2n) is 5.90. The Labute approximate surface area is 105 Å². The Kier molecular flexibility index (Phi) is 4.45. The van der Waals surface area contributed by atoms with E-state index in [0.29, 0.717) is 13.2 Å². The van der Waals surface area contributed by atoms with Crippen molar-refractivity contribution in [2.24, 2.45) is 11.1 Å². The molecule has 1 aliphatic carbocycles. The molecule has 0 aromatic heterocycles. The van der Waals surface area contributed by atoms with Crippen LogP contribution in [-0.4, -0.2) is 30.5 Å². The Bertz CT molecular complexity index is 226. The standard InChI is InChI=1S/C14H27NO2/c15-12-13(6-3-1-2-4-7-13)14(16)8-5-10-17-11-9-14/h16H,1-12,15H2. The summed E-state index contributed by atoms with van der Waals surface area (Å²) in [5.74, 6) is 0. The summed E-state index contributed by atoms with van der Waals surface area (Å²) in [6.07, 6.45) is 9.84. The molecular weight excluding hydrogens is 214 g/mol. The highest BCUT2D eigenvalue weighted by atomic mass is 16.5. The van der Waals surface area contributed by atoms with Gasteiger partial charge in [-0.1, -0.05) is 25.7 Å². The maximum atomic E-state index is 11.1. The first-order valence-corrected chi connectivity index (χ1v) is 7.23. The Hall–Kier alpha value is -0.120. The molecule has 1 aliphatic heterocycles. The van der Waals surface area contributed by atoms with Crippen LogP contribution in [0.4, 0.5) is 0 Å². The third-order valence-corrected chi connectivity index (χ3v) is 4.98. The summed E-state index contributed by atoms with van der Waals surface area (Å²) >= 11 is 0. The number of ether oxygens (including phenoxy) is 1. The fraction of sp³-hybridized carbons (Fsp3) is 1.00. The molecule has 0 aromatic rings. The Balaban J connectivity index is 2.17. The molecule has 3 nitrogen and oxygen atoms in total. The normalized spacial score (nSPS) is 34.9. The molecule has 2 rings (SSSR count). The fourth-order valence-corrected chi connectivity index (χ4v) is 3.73. The van der Waals surface area contributed by atoms with Crippen LogP contribution in [0.2, 0.25) is 0 Å². The summed E-state index contributed by atoms with van der Waals surface area (Å²) in [6.45, 7) is 2.12. The summed E-state index contributed by atoms with van der Waals surface area (Å²) < 4.78 is 5.50. The molecule has 1 saturated carbocycles. The molecule has 1 heterocycles. The first kappa shape index (κ1) is 13.3. The van der Waals surface area contributed by atoms with Crippen LogP contribution in [0.15, 0.2) is 0 Å². The van der Waals surface area contributed by atoms with Gasteiger partial charge in [0.2, 0.25) is 0 Å². The van der Waals surface area contributed by atoms with E-state index >= 15 is 0 Å². The molecule has 100 valence electrons. The Morgan fingerprint density at radius 1 is 0.882 bits per heavy atom. The maximum Gasteiger partial charge on any atom is 0.0738 e. The molecule has 0 amide bonds. The van der Waals surface area contributed by atoms with E-state index in [1.807, 2.05) is 0 Å². The SMILES string of the molecule is NCC1(C2(O)CCCOCC2)CCCCCC1. The molecule has 0 spiro atoms. The van der Waals surface area contributed by atoms with Crippen molar-refractivity contribution in [3.05, 3.63) is 0 Å². The predicted octanol–water partition coefficient (Wildman–Crippen LogP) is 2.22. The summed E-state index contributed by atoms with van der Waals surface area (Å²) in [4.78, 5) is 0. The lowest BCUT2D eigenvalue weighted by atomic mass is 9.64. The van der Waals surface area contributed by atoms with Gasteiger partial charge in [-0.2, -0.15) is 0 Å². The highest BCUT2D eigenvalue weighted by Gasteiger charge is 2.48. The fourth-order valence-electron chi connectivity index (χ4n) is 3.73. The summed E-state index contributed by atoms with van der Waals surface area (Å²) in [5.41, 5.74) is 5.45. The van der Waals surface area contributed by atoms with Crippen molar-refractivity contribution >= 4 is 0 Å². The van der Waals surface area contributed by atoms with Gasteiger partial charge in [-0.3, -0.25) is 0 Å². The zero-order valence-electron chi connectivity index (χ0n) is 10.9. The van der Waals surface area contributed by atoms with Crippen LogP contribution in [0.1, 0.15) is 57.8 Å². The topological polar surface area (TPSA) is 55.5 Å². The second-order valence-corrected chi connectivity index (χ2v) is 5.90. The van der Waals surface area contributed by atoms with E-state index < -0.39 is 5.60 Å². The largest absolute Gasteiger partial charge is 0.389 e. The molecule has 3 heteroatoms. The molecule has 1 atom stereocenters. The quantitative estimate of drug-likeness (QED) is 0.729. The third-order valence-electron chi connectivity index (χ3n) is 4.98. The van der Waals surface area contributed by atoms with Crippen LogP contribution in [0.3, 0.4) is 0 Å². The zero-order chi connectivity index (χ0) is 12.2. The Morgan fingerprint density at radius 2 is 1.59 bits per heavy atom. The highest BCUT2D eigenvalue weighted by Crippen LogP contribution is 2.47. The Morgan fingerprint density at radius 3 is 2.24 bits per heavy atom. The summed E-state index contributed by atoms with van der Waals surface area (Å²) in [7, 11) is 0. The van der Waals surface area contributed by atoms with E-state index in [9.17, 15) is 5.11 Å². The van der Waals surface area contributed by atoms with Gasteiger partial charge in [0.15, 0.2) is 0 Å². The van der Waals surface area contributed by atoms with Gasteiger partial charge in [0.25, 0.3) is 0 Å². The van der Waals surface area contributed by atoms with E-state index in [1.165, 1.54) is 25.7 Å². The number of nitrogens with two attached hydrogens (primary N) is 1. The first-order valence-electron chi connectivity index (χ1n) is 7.23. The van der Waals surface area contributed by atoms with Crippen LogP contribution in [0.25, 0.3) is 0 Å². The lowest BCUT2D eigenvalue weighted by Gasteiger charge is -2.46. The molecule has 2 fully saturated rings. The van der Waals surface area contributed by atoms with Gasteiger partial charge >= 0.3 is 0 Å². The van der Waals surface area contributed by atoms with Crippen molar-refractivity contribution in [1.82, 2.24) is 0 Å². The molecule has 1 unspecified atom stereocenters. The summed E-state index contributed by atoms with van der Waals surface area (Å²) in [5, 5.41) is 11.1. The van der Waals surface area contributed by atoms with Gasteiger partial charge in [-0.15, -0.1) is 0 Å². The van der Waals surface area contributed by atoms with Gasteiger partial charge in [0, 0.05) is 31.6 Å². The molecule has 0 radical (unpaired) electrons. The number of hydrogen-bond acceptors (Lipinski definition) is 3. The minimum absolute atomic E-state index is 0.0444. The minimum Gasteiger partial charge on any atom is -0.389 e. The molecular formula is C14H27NO2. The van der Waals surface area contributed by atoms with Crippen LogP contribution < -0.4 is 5.73 Å². The van der Waals surface area contributed by atoms with Crippen molar-refractivity contribution in [2.75, 3.05) is 19.8 Å².